The van der Waals surface area contributed by atoms with Crippen LogP contribution in [-0.4, -0.2) is 24.8 Å². The first-order valence-corrected chi connectivity index (χ1v) is 8.64. The van der Waals surface area contributed by atoms with Gasteiger partial charge < -0.3 is 14.6 Å². The first-order chi connectivity index (χ1) is 12.0. The number of aryl methyl sites for hydroxylation is 1. The molecule has 0 aliphatic carbocycles. The van der Waals surface area contributed by atoms with E-state index in [1.807, 2.05) is 49.4 Å². The smallest absolute Gasteiger partial charge is 0.311 e. The van der Waals surface area contributed by atoms with Gasteiger partial charge in [-0.15, -0.1) is 0 Å². The van der Waals surface area contributed by atoms with Gasteiger partial charge in [0.05, 0.1) is 19.6 Å². The third kappa shape index (κ3) is 5.24. The maximum absolute atomic E-state index is 11.9. The maximum atomic E-state index is 11.9. The minimum Gasteiger partial charge on any atom is -0.496 e. The number of aliphatic carboxylic acids is 1. The molecule has 0 bridgehead atoms. The number of benzene rings is 2. The fourth-order valence-electron chi connectivity index (χ4n) is 2.79. The number of carbonyl (C=O) groups is 1. The van der Waals surface area contributed by atoms with Crippen LogP contribution in [0.3, 0.4) is 0 Å². The second kappa shape index (κ2) is 9.11. The molecule has 0 saturated carbocycles. The summed E-state index contributed by atoms with van der Waals surface area (Å²) in [6.07, 6.45) is 2.47. The van der Waals surface area contributed by atoms with Gasteiger partial charge >= 0.3 is 5.97 Å². The molecule has 0 fully saturated rings. The van der Waals surface area contributed by atoms with E-state index in [4.69, 9.17) is 9.47 Å². The normalized spacial score (nSPS) is 11.8. The van der Waals surface area contributed by atoms with Crippen molar-refractivity contribution in [3.05, 3.63) is 59.2 Å². The molecule has 0 aromatic heterocycles. The summed E-state index contributed by atoms with van der Waals surface area (Å²) in [7, 11) is 1.56. The van der Waals surface area contributed by atoms with Crippen molar-refractivity contribution in [3.63, 3.8) is 0 Å². The van der Waals surface area contributed by atoms with Crippen molar-refractivity contribution in [2.45, 2.75) is 39.0 Å². The van der Waals surface area contributed by atoms with Crippen LogP contribution in [0.15, 0.2) is 42.5 Å². The zero-order chi connectivity index (χ0) is 18.2. The Bertz CT molecular complexity index is 709. The molecule has 0 aliphatic rings. The quantitative estimate of drug-likeness (QED) is 0.677. The van der Waals surface area contributed by atoms with Gasteiger partial charge in [0.25, 0.3) is 0 Å². The second-order valence-corrected chi connectivity index (χ2v) is 6.19. The summed E-state index contributed by atoms with van der Waals surface area (Å²) in [6, 6.07) is 13.3. The predicted octanol–water partition coefficient (Wildman–Crippen LogP) is 4.59. The third-order valence-corrected chi connectivity index (χ3v) is 4.16. The minimum absolute atomic E-state index is 0.389. The summed E-state index contributed by atoms with van der Waals surface area (Å²) in [5, 5.41) is 9.75. The molecule has 1 N–H and O–H groups in total. The van der Waals surface area contributed by atoms with Crippen LogP contribution in [0.2, 0.25) is 0 Å². The van der Waals surface area contributed by atoms with E-state index >= 15 is 0 Å². The molecule has 2 aromatic rings. The molecule has 2 aromatic carbocycles. The standard InChI is InChI=1S/C21H26O4/c1-4-5-11-25-17-8-6-7-16(13-17)14-19(21(22)23)18-12-15(2)9-10-20(18)24-3/h6-10,12-13,19H,4-5,11,14H2,1-3H3,(H,22,23). The highest BCUT2D eigenvalue weighted by Crippen LogP contribution is 2.31. The van der Waals surface area contributed by atoms with E-state index in [0.717, 1.165) is 29.7 Å². The molecular formula is C21H26O4. The molecule has 4 nitrogen and oxygen atoms in total. The molecule has 1 unspecified atom stereocenters. The van der Waals surface area contributed by atoms with Gasteiger partial charge in [-0.05, 0) is 43.5 Å². The Morgan fingerprint density at radius 1 is 1.20 bits per heavy atom. The van der Waals surface area contributed by atoms with Crippen LogP contribution in [0.4, 0.5) is 0 Å². The largest absolute Gasteiger partial charge is 0.496 e. The highest BCUT2D eigenvalue weighted by molar-refractivity contribution is 5.78. The molecule has 0 amide bonds. The van der Waals surface area contributed by atoms with Crippen molar-refractivity contribution in [2.24, 2.45) is 0 Å². The van der Waals surface area contributed by atoms with E-state index in [9.17, 15) is 9.90 Å². The van der Waals surface area contributed by atoms with Gasteiger partial charge in [-0.2, -0.15) is 0 Å². The van der Waals surface area contributed by atoms with Crippen molar-refractivity contribution >= 4 is 5.97 Å². The first-order valence-electron chi connectivity index (χ1n) is 8.64. The van der Waals surface area contributed by atoms with Gasteiger partial charge in [0.15, 0.2) is 0 Å². The number of methoxy groups -OCH3 is 1. The number of rotatable bonds is 9. The summed E-state index contributed by atoms with van der Waals surface area (Å²) in [6.45, 7) is 4.74. The lowest BCUT2D eigenvalue weighted by Gasteiger charge is -2.17. The van der Waals surface area contributed by atoms with Crippen LogP contribution in [-0.2, 0) is 11.2 Å². The monoisotopic (exact) mass is 342 g/mol. The molecule has 0 saturated heterocycles. The summed E-state index contributed by atoms with van der Waals surface area (Å²) in [5.41, 5.74) is 2.65. The lowest BCUT2D eigenvalue weighted by molar-refractivity contribution is -0.138. The van der Waals surface area contributed by atoms with Crippen LogP contribution in [0, 0.1) is 6.92 Å². The van der Waals surface area contributed by atoms with E-state index in [-0.39, 0.29) is 0 Å². The van der Waals surface area contributed by atoms with Crippen LogP contribution in [0.1, 0.15) is 42.4 Å². The number of unbranched alkanes of at least 4 members (excludes halogenated alkanes) is 1. The molecular weight excluding hydrogens is 316 g/mol. The number of carboxylic acid groups (broad SMARTS) is 1. The average Bonchev–Trinajstić information content (AvgIpc) is 2.60. The summed E-state index contributed by atoms with van der Waals surface area (Å²) in [4.78, 5) is 11.9. The molecule has 1 atom stereocenters. The van der Waals surface area contributed by atoms with Crippen LogP contribution in [0.5, 0.6) is 11.5 Å². The Kier molecular flexibility index (Phi) is 6.87. The Labute approximate surface area is 149 Å². The third-order valence-electron chi connectivity index (χ3n) is 4.16. The minimum atomic E-state index is -0.860. The highest BCUT2D eigenvalue weighted by atomic mass is 16.5. The number of hydrogen-bond acceptors (Lipinski definition) is 3. The molecule has 134 valence electrons. The van der Waals surface area contributed by atoms with Crippen molar-refractivity contribution in [3.8, 4) is 11.5 Å². The fraction of sp³-hybridized carbons (Fsp3) is 0.381. The fourth-order valence-corrected chi connectivity index (χ4v) is 2.79. The lowest BCUT2D eigenvalue weighted by Crippen LogP contribution is -2.15. The van der Waals surface area contributed by atoms with Crippen molar-refractivity contribution in [1.82, 2.24) is 0 Å². The van der Waals surface area contributed by atoms with Gasteiger partial charge in [-0.3, -0.25) is 4.79 Å². The van der Waals surface area contributed by atoms with Crippen molar-refractivity contribution in [1.29, 1.82) is 0 Å². The Balaban J connectivity index is 2.24. The van der Waals surface area contributed by atoms with Crippen LogP contribution >= 0.6 is 0 Å². The summed E-state index contributed by atoms with van der Waals surface area (Å²) in [5.74, 6) is -0.137. The molecule has 4 heteroatoms. The van der Waals surface area contributed by atoms with Gasteiger partial charge in [0, 0.05) is 5.56 Å². The molecule has 0 spiro atoms. The van der Waals surface area contributed by atoms with Crippen molar-refractivity contribution < 1.29 is 19.4 Å². The molecule has 25 heavy (non-hydrogen) atoms. The molecule has 0 heterocycles. The van der Waals surface area contributed by atoms with Crippen LogP contribution < -0.4 is 9.47 Å². The predicted molar refractivity (Wildman–Crippen MR) is 98.7 cm³/mol. The lowest BCUT2D eigenvalue weighted by atomic mass is 9.90. The topological polar surface area (TPSA) is 55.8 Å². The number of carboxylic acids is 1. The first kappa shape index (κ1) is 18.8. The van der Waals surface area contributed by atoms with Gasteiger partial charge in [-0.1, -0.05) is 43.2 Å². The van der Waals surface area contributed by atoms with E-state index in [1.54, 1.807) is 7.11 Å². The Hall–Kier alpha value is -2.49. The highest BCUT2D eigenvalue weighted by Gasteiger charge is 2.24. The Morgan fingerprint density at radius 2 is 2.00 bits per heavy atom. The maximum Gasteiger partial charge on any atom is 0.311 e. The zero-order valence-corrected chi connectivity index (χ0v) is 15.1. The Morgan fingerprint density at radius 3 is 2.68 bits per heavy atom. The summed E-state index contributed by atoms with van der Waals surface area (Å²) >= 11 is 0. The van der Waals surface area contributed by atoms with E-state index < -0.39 is 11.9 Å². The molecule has 0 aliphatic heterocycles. The van der Waals surface area contributed by atoms with Crippen LogP contribution in [0.25, 0.3) is 0 Å². The van der Waals surface area contributed by atoms with E-state index in [0.29, 0.717) is 24.3 Å². The van der Waals surface area contributed by atoms with E-state index in [2.05, 4.69) is 6.92 Å². The van der Waals surface area contributed by atoms with Gasteiger partial charge in [0.2, 0.25) is 0 Å². The second-order valence-electron chi connectivity index (χ2n) is 6.19. The van der Waals surface area contributed by atoms with Gasteiger partial charge in [0.1, 0.15) is 11.5 Å². The molecule has 2 rings (SSSR count). The van der Waals surface area contributed by atoms with Crippen molar-refractivity contribution in [2.75, 3.05) is 13.7 Å². The SMILES string of the molecule is CCCCOc1cccc(CC(C(=O)O)c2cc(C)ccc2OC)c1. The molecule has 0 radical (unpaired) electrons. The summed E-state index contributed by atoms with van der Waals surface area (Å²) < 4.78 is 11.1. The van der Waals surface area contributed by atoms with Gasteiger partial charge in [-0.25, -0.2) is 0 Å². The number of ether oxygens (including phenoxy) is 2. The number of hydrogen-bond donors (Lipinski definition) is 1. The van der Waals surface area contributed by atoms with E-state index in [1.165, 1.54) is 0 Å². The average molecular weight is 342 g/mol. The zero-order valence-electron chi connectivity index (χ0n) is 15.1.